The zero-order valence-electron chi connectivity index (χ0n) is 22.5. The number of amides is 2. The lowest BCUT2D eigenvalue weighted by Crippen LogP contribution is -2.42. The number of H-pyrrole nitrogens is 1. The summed E-state index contributed by atoms with van der Waals surface area (Å²) in [6.07, 6.45) is 3.76. The predicted molar refractivity (Wildman–Crippen MR) is 157 cm³/mol. The second-order valence-electron chi connectivity index (χ2n) is 10.2. The first-order valence-corrected chi connectivity index (χ1v) is 13.3. The van der Waals surface area contributed by atoms with Gasteiger partial charge in [0.05, 0.1) is 11.2 Å². The van der Waals surface area contributed by atoms with E-state index >= 15 is 0 Å². The Labute approximate surface area is 247 Å². The van der Waals surface area contributed by atoms with Crippen molar-refractivity contribution in [3.05, 3.63) is 83.4 Å². The molecule has 2 aromatic heterocycles. The number of nitrogens with zero attached hydrogens (tertiary/aromatic N) is 3. The Balaban J connectivity index is 0.000000197. The maximum Gasteiger partial charge on any atom is 0.339 e. The number of piperazine rings is 1. The Bertz CT molecular complexity index is 1610. The Morgan fingerprint density at radius 2 is 1.95 bits per heavy atom. The van der Waals surface area contributed by atoms with Crippen LogP contribution in [0.15, 0.2) is 61.1 Å². The molecule has 0 unspecified atom stereocenters. The largest absolute Gasteiger partial charge is 0.482 e. The molecule has 13 heteroatoms. The lowest BCUT2D eigenvalue weighted by atomic mass is 10.1. The lowest BCUT2D eigenvalue weighted by Gasteiger charge is -2.27. The summed E-state index contributed by atoms with van der Waals surface area (Å²) in [4.78, 5) is 48.3. The number of halogens is 1. The van der Waals surface area contributed by atoms with Gasteiger partial charge in [0.25, 0.3) is 11.8 Å². The maximum absolute atomic E-state index is 12.5. The van der Waals surface area contributed by atoms with Crippen LogP contribution in [0.25, 0.3) is 11.0 Å². The van der Waals surface area contributed by atoms with Crippen LogP contribution < -0.4 is 20.7 Å². The van der Waals surface area contributed by atoms with Crippen molar-refractivity contribution in [1.29, 1.82) is 0 Å². The summed E-state index contributed by atoms with van der Waals surface area (Å²) in [5.41, 5.74) is 3.15. The molecule has 2 atom stereocenters. The molecule has 0 radical (unpaired) electrons. The molecule has 7 rings (SSSR count). The van der Waals surface area contributed by atoms with Gasteiger partial charge in [0, 0.05) is 44.5 Å². The summed E-state index contributed by atoms with van der Waals surface area (Å²) in [7, 11) is 0. The van der Waals surface area contributed by atoms with E-state index in [2.05, 4.69) is 66.1 Å². The first-order valence-electron chi connectivity index (χ1n) is 13.3. The molecule has 2 bridgehead atoms. The van der Waals surface area contributed by atoms with E-state index in [1.807, 2.05) is 0 Å². The predicted octanol–water partition coefficient (Wildman–Crippen LogP) is 2.57. The molecule has 0 aliphatic carbocycles. The van der Waals surface area contributed by atoms with E-state index in [-0.39, 0.29) is 53.8 Å². The van der Waals surface area contributed by atoms with Gasteiger partial charge in [0.2, 0.25) is 0 Å². The van der Waals surface area contributed by atoms with Crippen LogP contribution in [0.2, 0.25) is 0 Å². The smallest absolute Gasteiger partial charge is 0.339 e. The number of aromatic amines is 1. The monoisotopic (exact) mass is 591 g/mol. The molecular weight excluding hydrogens is 562 g/mol. The fourth-order valence-corrected chi connectivity index (χ4v) is 5.44. The molecule has 0 spiro atoms. The number of carboxylic acid groups (broad SMARTS) is 1. The fourth-order valence-electron chi connectivity index (χ4n) is 5.44. The molecule has 12 nitrogen and oxygen atoms in total. The van der Waals surface area contributed by atoms with E-state index in [0.717, 1.165) is 30.5 Å². The summed E-state index contributed by atoms with van der Waals surface area (Å²) >= 11 is 0. The van der Waals surface area contributed by atoms with Crippen LogP contribution >= 0.6 is 12.4 Å². The number of rotatable bonds is 6. The molecule has 2 saturated heterocycles. The van der Waals surface area contributed by atoms with E-state index in [4.69, 9.17) is 9.84 Å². The van der Waals surface area contributed by atoms with Crippen molar-refractivity contribution < 1.29 is 24.2 Å². The molecule has 3 aliphatic rings. The molecule has 2 amide bonds. The van der Waals surface area contributed by atoms with Gasteiger partial charge in [0.15, 0.2) is 12.3 Å². The third kappa shape index (κ3) is 6.20. The highest BCUT2D eigenvalue weighted by molar-refractivity contribution is 6.08. The number of ether oxygens (including phenoxy) is 1. The van der Waals surface area contributed by atoms with Crippen molar-refractivity contribution in [1.82, 2.24) is 30.5 Å². The van der Waals surface area contributed by atoms with Crippen LogP contribution in [0.1, 0.15) is 38.4 Å². The van der Waals surface area contributed by atoms with Gasteiger partial charge in [-0.2, -0.15) is 0 Å². The van der Waals surface area contributed by atoms with Gasteiger partial charge in [0.1, 0.15) is 23.2 Å². The number of hydrogen-bond donors (Lipinski definition) is 5. The summed E-state index contributed by atoms with van der Waals surface area (Å²) in [6.45, 7) is 3.71. The maximum atomic E-state index is 12.5. The van der Waals surface area contributed by atoms with Gasteiger partial charge in [-0.25, -0.2) is 14.8 Å². The van der Waals surface area contributed by atoms with Crippen LogP contribution in [-0.4, -0.2) is 74.5 Å². The Hall–Kier alpha value is -4.52. The number of aromatic nitrogens is 3. The van der Waals surface area contributed by atoms with Crippen molar-refractivity contribution in [2.24, 2.45) is 0 Å². The lowest BCUT2D eigenvalue weighted by molar-refractivity contribution is -0.118. The van der Waals surface area contributed by atoms with Gasteiger partial charge in [-0.1, -0.05) is 36.4 Å². The normalized spacial score (nSPS) is 18.6. The number of carbonyl (C=O) groups excluding carboxylic acids is 2. The summed E-state index contributed by atoms with van der Waals surface area (Å²) < 4.78 is 5.29. The molecule has 5 N–H and O–H groups in total. The highest BCUT2D eigenvalue weighted by Gasteiger charge is 2.37. The molecule has 218 valence electrons. The minimum Gasteiger partial charge on any atom is -0.482 e. The van der Waals surface area contributed by atoms with E-state index < -0.39 is 11.9 Å². The van der Waals surface area contributed by atoms with Crippen LogP contribution in [0, 0.1) is 0 Å². The number of benzene rings is 2. The molecule has 2 aromatic carbocycles. The number of carbonyl (C=O) groups is 3. The highest BCUT2D eigenvalue weighted by Crippen LogP contribution is 2.28. The zero-order chi connectivity index (χ0) is 28.3. The van der Waals surface area contributed by atoms with E-state index in [1.165, 1.54) is 31.3 Å². The molecule has 5 heterocycles. The summed E-state index contributed by atoms with van der Waals surface area (Å²) in [6, 6.07) is 17.5. The van der Waals surface area contributed by atoms with E-state index in [0.29, 0.717) is 11.4 Å². The van der Waals surface area contributed by atoms with Crippen molar-refractivity contribution in [3.63, 3.8) is 0 Å². The third-order valence-corrected chi connectivity index (χ3v) is 7.44. The molecule has 0 saturated carbocycles. The molecule has 2 fully saturated rings. The van der Waals surface area contributed by atoms with Gasteiger partial charge in [-0.15, -0.1) is 12.4 Å². The van der Waals surface area contributed by atoms with Crippen molar-refractivity contribution in [2.75, 3.05) is 25.0 Å². The first-order chi connectivity index (χ1) is 19.9. The van der Waals surface area contributed by atoms with Crippen LogP contribution in [0.5, 0.6) is 5.75 Å². The average Bonchev–Trinajstić information content (AvgIpc) is 3.72. The molecular formula is C29H30ClN7O5. The van der Waals surface area contributed by atoms with Crippen molar-refractivity contribution >= 4 is 46.9 Å². The van der Waals surface area contributed by atoms with Gasteiger partial charge in [-0.05, 0) is 29.7 Å². The van der Waals surface area contributed by atoms with E-state index in [9.17, 15) is 14.4 Å². The number of hydrogen-bond acceptors (Lipinski definition) is 8. The second kappa shape index (κ2) is 12.6. The van der Waals surface area contributed by atoms with Gasteiger partial charge >= 0.3 is 5.97 Å². The van der Waals surface area contributed by atoms with Gasteiger partial charge < -0.3 is 30.8 Å². The number of nitrogens with one attached hydrogen (secondary N) is 4. The van der Waals surface area contributed by atoms with Crippen molar-refractivity contribution in [3.8, 4) is 5.75 Å². The van der Waals surface area contributed by atoms with Crippen LogP contribution in [0.3, 0.4) is 0 Å². The van der Waals surface area contributed by atoms with Crippen molar-refractivity contribution in [2.45, 2.75) is 31.6 Å². The quantitative estimate of drug-likeness (QED) is 0.227. The number of anilines is 1. The minimum absolute atomic E-state index is 0. The molecule has 42 heavy (non-hydrogen) atoms. The van der Waals surface area contributed by atoms with Gasteiger partial charge in [-0.3, -0.25) is 14.5 Å². The summed E-state index contributed by atoms with van der Waals surface area (Å²) in [5, 5.41) is 18.1. The number of aromatic carboxylic acids is 1. The molecule has 4 aromatic rings. The fraction of sp³-hybridized carbons (Fsp3) is 0.276. The third-order valence-electron chi connectivity index (χ3n) is 7.44. The Morgan fingerprint density at radius 3 is 2.69 bits per heavy atom. The Kier molecular flexibility index (Phi) is 8.67. The second-order valence-corrected chi connectivity index (χ2v) is 10.2. The SMILES string of the molecule is Cl.O=C1COc2ccc(CNC(=O)c3ncnc4c(C(=O)O)c[nH]c34)cc2N1.c1ccc(CN2C[C@@H]3C[C@H]2CN3)cc1. The topological polar surface area (TPSA) is 162 Å². The standard InChI is InChI=1S/C17H13N5O5.C12H16N2.ClH/c23-12-6-27-11-2-1-8(3-10(11)22-12)4-19-16(24)15-14-13(20-7-21-15)9(5-18-14)17(25)26;1-2-4-10(5-3-1)8-14-9-11-6-12(14)7-13-11;/h1-3,5,7,18H,4,6H2,(H,19,24)(H,22,23)(H,25,26);1-5,11-13H,6-9H2;1H/t;11-,12-;/m.0./s1. The van der Waals surface area contributed by atoms with Crippen LogP contribution in [-0.2, 0) is 17.9 Å². The Morgan fingerprint density at radius 1 is 1.12 bits per heavy atom. The number of likely N-dealkylation sites (tertiary alicyclic amines) is 1. The number of fused-ring (bicyclic) bond motifs is 4. The summed E-state index contributed by atoms with van der Waals surface area (Å²) in [5.74, 6) is -1.31. The first kappa shape index (κ1) is 29.0. The highest BCUT2D eigenvalue weighted by atomic mass is 35.5. The average molecular weight is 592 g/mol. The zero-order valence-corrected chi connectivity index (χ0v) is 23.3. The molecule has 3 aliphatic heterocycles. The van der Waals surface area contributed by atoms with Crippen LogP contribution in [0.4, 0.5) is 5.69 Å². The number of carboxylic acids is 1. The van der Waals surface area contributed by atoms with E-state index in [1.54, 1.807) is 18.2 Å². The minimum atomic E-state index is -1.15.